The molecule has 0 bridgehead atoms. The molecule has 94 valence electrons. The van der Waals surface area contributed by atoms with Crippen LogP contribution in [0.25, 0.3) is 0 Å². The van der Waals surface area contributed by atoms with Gasteiger partial charge in [0.05, 0.1) is 5.56 Å². The van der Waals surface area contributed by atoms with Gasteiger partial charge in [0.1, 0.15) is 0 Å². The Labute approximate surface area is 101 Å². The SMILES string of the molecule is CCNc1nccc(C(=O)NC(C)CC)c1F. The minimum atomic E-state index is -0.602. The highest BCUT2D eigenvalue weighted by molar-refractivity contribution is 5.95. The second kappa shape index (κ2) is 6.18. The predicted molar refractivity (Wildman–Crippen MR) is 65.6 cm³/mol. The molecular weight excluding hydrogens is 221 g/mol. The highest BCUT2D eigenvalue weighted by Crippen LogP contribution is 2.14. The van der Waals surface area contributed by atoms with Gasteiger partial charge in [-0.15, -0.1) is 0 Å². The van der Waals surface area contributed by atoms with Crippen LogP contribution in [0.4, 0.5) is 10.2 Å². The number of pyridine rings is 1. The summed E-state index contributed by atoms with van der Waals surface area (Å²) in [6, 6.07) is 1.41. The van der Waals surface area contributed by atoms with E-state index in [2.05, 4.69) is 15.6 Å². The van der Waals surface area contributed by atoms with E-state index in [9.17, 15) is 9.18 Å². The molecule has 0 aromatic carbocycles. The molecule has 0 spiro atoms. The number of nitrogens with one attached hydrogen (secondary N) is 2. The number of aromatic nitrogens is 1. The molecule has 2 N–H and O–H groups in total. The molecule has 5 heteroatoms. The molecule has 0 saturated heterocycles. The van der Waals surface area contributed by atoms with Gasteiger partial charge in [-0.05, 0) is 26.3 Å². The molecule has 1 aromatic rings. The molecule has 0 saturated carbocycles. The van der Waals surface area contributed by atoms with Crippen molar-refractivity contribution in [3.8, 4) is 0 Å². The number of carbonyl (C=O) groups excluding carboxylic acids is 1. The van der Waals surface area contributed by atoms with Crippen LogP contribution in [-0.2, 0) is 0 Å². The van der Waals surface area contributed by atoms with Gasteiger partial charge in [-0.2, -0.15) is 0 Å². The molecule has 0 aliphatic heterocycles. The van der Waals surface area contributed by atoms with Crippen LogP contribution in [0.3, 0.4) is 0 Å². The van der Waals surface area contributed by atoms with E-state index < -0.39 is 11.7 Å². The van der Waals surface area contributed by atoms with E-state index >= 15 is 0 Å². The van der Waals surface area contributed by atoms with Gasteiger partial charge in [0.15, 0.2) is 11.6 Å². The molecule has 1 atom stereocenters. The van der Waals surface area contributed by atoms with E-state index in [1.807, 2.05) is 20.8 Å². The molecule has 1 rings (SSSR count). The fourth-order valence-electron chi connectivity index (χ4n) is 1.31. The van der Waals surface area contributed by atoms with Gasteiger partial charge in [-0.1, -0.05) is 6.92 Å². The van der Waals surface area contributed by atoms with Crippen molar-refractivity contribution in [1.82, 2.24) is 10.3 Å². The van der Waals surface area contributed by atoms with Crippen LogP contribution < -0.4 is 10.6 Å². The zero-order chi connectivity index (χ0) is 12.8. The van der Waals surface area contributed by atoms with Gasteiger partial charge in [-0.25, -0.2) is 9.37 Å². The third-order valence-electron chi connectivity index (χ3n) is 2.47. The molecule has 1 aromatic heterocycles. The Bertz CT molecular complexity index is 395. The minimum absolute atomic E-state index is 0.0243. The Morgan fingerprint density at radius 3 is 2.82 bits per heavy atom. The van der Waals surface area contributed by atoms with Crippen LogP contribution in [-0.4, -0.2) is 23.5 Å². The van der Waals surface area contributed by atoms with E-state index in [4.69, 9.17) is 0 Å². The van der Waals surface area contributed by atoms with Gasteiger partial charge in [0, 0.05) is 18.8 Å². The largest absolute Gasteiger partial charge is 0.368 e. The van der Waals surface area contributed by atoms with E-state index in [1.165, 1.54) is 12.3 Å². The molecule has 0 fully saturated rings. The lowest BCUT2D eigenvalue weighted by Gasteiger charge is -2.12. The topological polar surface area (TPSA) is 54.0 Å². The standard InChI is InChI=1S/C12H18FN3O/c1-4-8(3)16-12(17)9-6-7-15-11(10(9)13)14-5-2/h6-8H,4-5H2,1-3H3,(H,14,15)(H,16,17). The first-order chi connectivity index (χ1) is 8.10. The first-order valence-corrected chi connectivity index (χ1v) is 5.79. The van der Waals surface area contributed by atoms with Gasteiger partial charge in [-0.3, -0.25) is 4.79 Å². The highest BCUT2D eigenvalue weighted by atomic mass is 19.1. The quantitative estimate of drug-likeness (QED) is 0.828. The van der Waals surface area contributed by atoms with Gasteiger partial charge >= 0.3 is 0 Å². The summed E-state index contributed by atoms with van der Waals surface area (Å²) in [6.45, 7) is 6.23. The number of rotatable bonds is 5. The van der Waals surface area contributed by atoms with Crippen molar-refractivity contribution < 1.29 is 9.18 Å². The van der Waals surface area contributed by atoms with E-state index in [-0.39, 0.29) is 17.4 Å². The lowest BCUT2D eigenvalue weighted by molar-refractivity contribution is 0.0935. The number of nitrogens with zero attached hydrogens (tertiary/aromatic N) is 1. The van der Waals surface area contributed by atoms with Crippen molar-refractivity contribution in [3.63, 3.8) is 0 Å². The second-order valence-corrected chi connectivity index (χ2v) is 3.83. The van der Waals surface area contributed by atoms with Crippen LogP contribution in [0.15, 0.2) is 12.3 Å². The normalized spacial score (nSPS) is 12.0. The monoisotopic (exact) mass is 239 g/mol. The maximum Gasteiger partial charge on any atom is 0.254 e. The first kappa shape index (κ1) is 13.4. The molecule has 1 heterocycles. The van der Waals surface area contributed by atoms with Crippen molar-refractivity contribution in [3.05, 3.63) is 23.6 Å². The van der Waals surface area contributed by atoms with Crippen molar-refractivity contribution in [2.75, 3.05) is 11.9 Å². The van der Waals surface area contributed by atoms with Crippen molar-refractivity contribution in [2.24, 2.45) is 0 Å². The molecule has 17 heavy (non-hydrogen) atoms. The molecule has 1 amide bonds. The summed E-state index contributed by atoms with van der Waals surface area (Å²) in [5.41, 5.74) is 0.0243. The Hall–Kier alpha value is -1.65. The summed E-state index contributed by atoms with van der Waals surface area (Å²) in [4.78, 5) is 15.6. The summed E-state index contributed by atoms with van der Waals surface area (Å²) in [6.07, 6.45) is 2.23. The number of amides is 1. The van der Waals surface area contributed by atoms with E-state index in [1.54, 1.807) is 0 Å². The Kier molecular flexibility index (Phi) is 4.87. The molecule has 0 aliphatic carbocycles. The van der Waals surface area contributed by atoms with Crippen molar-refractivity contribution in [2.45, 2.75) is 33.2 Å². The number of carbonyl (C=O) groups is 1. The number of anilines is 1. The molecule has 4 nitrogen and oxygen atoms in total. The lowest BCUT2D eigenvalue weighted by Crippen LogP contribution is -2.32. The first-order valence-electron chi connectivity index (χ1n) is 5.79. The zero-order valence-corrected chi connectivity index (χ0v) is 10.4. The van der Waals surface area contributed by atoms with Gasteiger partial charge in [0.2, 0.25) is 0 Å². The fourth-order valence-corrected chi connectivity index (χ4v) is 1.31. The average Bonchev–Trinajstić information content (AvgIpc) is 2.31. The molecular formula is C12H18FN3O. The van der Waals surface area contributed by atoms with Crippen LogP contribution in [0, 0.1) is 5.82 Å². The number of halogens is 1. The van der Waals surface area contributed by atoms with Gasteiger partial charge < -0.3 is 10.6 Å². The third kappa shape index (κ3) is 3.41. The van der Waals surface area contributed by atoms with Crippen LogP contribution in [0.1, 0.15) is 37.6 Å². The number of hydrogen-bond donors (Lipinski definition) is 2. The molecule has 1 unspecified atom stereocenters. The van der Waals surface area contributed by atoms with Crippen molar-refractivity contribution >= 4 is 11.7 Å². The zero-order valence-electron chi connectivity index (χ0n) is 10.4. The summed E-state index contributed by atoms with van der Waals surface area (Å²) >= 11 is 0. The lowest BCUT2D eigenvalue weighted by atomic mass is 10.2. The Morgan fingerprint density at radius 2 is 2.24 bits per heavy atom. The third-order valence-corrected chi connectivity index (χ3v) is 2.47. The Balaban J connectivity index is 2.90. The number of hydrogen-bond acceptors (Lipinski definition) is 3. The highest BCUT2D eigenvalue weighted by Gasteiger charge is 2.16. The van der Waals surface area contributed by atoms with Gasteiger partial charge in [0.25, 0.3) is 5.91 Å². The second-order valence-electron chi connectivity index (χ2n) is 3.83. The van der Waals surface area contributed by atoms with Crippen LogP contribution >= 0.6 is 0 Å². The maximum atomic E-state index is 13.9. The molecule has 0 radical (unpaired) electrons. The summed E-state index contributed by atoms with van der Waals surface area (Å²) in [5.74, 6) is -0.891. The fraction of sp³-hybridized carbons (Fsp3) is 0.500. The minimum Gasteiger partial charge on any atom is -0.368 e. The summed E-state index contributed by atoms with van der Waals surface area (Å²) < 4.78 is 13.9. The Morgan fingerprint density at radius 1 is 1.53 bits per heavy atom. The van der Waals surface area contributed by atoms with Crippen LogP contribution in [0.5, 0.6) is 0 Å². The average molecular weight is 239 g/mol. The smallest absolute Gasteiger partial charge is 0.254 e. The van der Waals surface area contributed by atoms with E-state index in [0.717, 1.165) is 6.42 Å². The van der Waals surface area contributed by atoms with E-state index in [0.29, 0.717) is 6.54 Å². The van der Waals surface area contributed by atoms with Crippen LogP contribution in [0.2, 0.25) is 0 Å². The molecule has 0 aliphatic rings. The predicted octanol–water partition coefficient (Wildman–Crippen LogP) is 2.18. The van der Waals surface area contributed by atoms with Crippen molar-refractivity contribution in [1.29, 1.82) is 0 Å². The summed E-state index contributed by atoms with van der Waals surface area (Å²) in [7, 11) is 0. The summed E-state index contributed by atoms with van der Waals surface area (Å²) in [5, 5.41) is 5.49. The maximum absolute atomic E-state index is 13.9.